The molecule has 0 saturated carbocycles. The summed E-state index contributed by atoms with van der Waals surface area (Å²) in [5, 5.41) is 2.71. The van der Waals surface area contributed by atoms with Gasteiger partial charge >= 0.3 is 0 Å². The van der Waals surface area contributed by atoms with Gasteiger partial charge in [-0.1, -0.05) is 6.07 Å². The molecule has 0 aromatic heterocycles. The molecule has 0 bridgehead atoms. The van der Waals surface area contributed by atoms with E-state index in [2.05, 4.69) is 5.32 Å². The zero-order valence-electron chi connectivity index (χ0n) is 11.7. The number of hydrogen-bond acceptors (Lipinski definition) is 3. The van der Waals surface area contributed by atoms with Gasteiger partial charge < -0.3 is 15.8 Å². The van der Waals surface area contributed by atoms with Gasteiger partial charge in [0.2, 0.25) is 0 Å². The van der Waals surface area contributed by atoms with Gasteiger partial charge in [-0.05, 0) is 45.4 Å². The van der Waals surface area contributed by atoms with E-state index in [9.17, 15) is 9.18 Å². The van der Waals surface area contributed by atoms with E-state index in [-0.39, 0.29) is 23.7 Å². The van der Waals surface area contributed by atoms with Crippen LogP contribution in [0.5, 0.6) is 5.75 Å². The maximum atomic E-state index is 13.8. The van der Waals surface area contributed by atoms with Crippen LogP contribution in [0.3, 0.4) is 0 Å². The molecule has 0 saturated heterocycles. The molecule has 0 spiro atoms. The van der Waals surface area contributed by atoms with Crippen LogP contribution in [0.4, 0.5) is 4.39 Å². The summed E-state index contributed by atoms with van der Waals surface area (Å²) in [6, 6.07) is 4.28. The van der Waals surface area contributed by atoms with Crippen molar-refractivity contribution >= 4 is 5.91 Å². The van der Waals surface area contributed by atoms with Gasteiger partial charge in [0.05, 0.1) is 0 Å². The van der Waals surface area contributed by atoms with Crippen LogP contribution < -0.4 is 15.8 Å². The predicted octanol–water partition coefficient (Wildman–Crippen LogP) is 2.14. The number of hydrogen-bond donors (Lipinski definition) is 2. The average Bonchev–Trinajstić information content (AvgIpc) is 2.30. The lowest BCUT2D eigenvalue weighted by atomic mass is 10.1. The second-order valence-electron chi connectivity index (χ2n) is 4.90. The molecule has 0 aliphatic rings. The molecule has 0 fully saturated rings. The second kappa shape index (κ2) is 6.52. The van der Waals surface area contributed by atoms with Gasteiger partial charge in [-0.25, -0.2) is 4.39 Å². The maximum absolute atomic E-state index is 13.8. The van der Waals surface area contributed by atoms with Crippen molar-refractivity contribution in [3.05, 3.63) is 29.6 Å². The SMILES string of the molecule is CC(C)NC(=O)C(C)Oc1ccc([C@H](C)N)cc1F. The molecule has 106 valence electrons. The molecule has 0 radical (unpaired) electrons. The Morgan fingerprint density at radius 3 is 2.42 bits per heavy atom. The minimum atomic E-state index is -0.752. The molecule has 19 heavy (non-hydrogen) atoms. The predicted molar refractivity (Wildman–Crippen MR) is 72.4 cm³/mol. The molecule has 2 atom stereocenters. The van der Waals surface area contributed by atoms with E-state index in [4.69, 9.17) is 10.5 Å². The molecule has 5 heteroatoms. The summed E-state index contributed by atoms with van der Waals surface area (Å²) in [6.45, 7) is 7.05. The van der Waals surface area contributed by atoms with E-state index in [0.29, 0.717) is 5.56 Å². The van der Waals surface area contributed by atoms with Gasteiger partial charge in [0, 0.05) is 12.1 Å². The third-order valence-corrected chi connectivity index (χ3v) is 2.59. The molecule has 3 N–H and O–H groups in total. The fourth-order valence-electron chi connectivity index (χ4n) is 1.54. The number of rotatable bonds is 5. The lowest BCUT2D eigenvalue weighted by Crippen LogP contribution is -2.40. The van der Waals surface area contributed by atoms with Gasteiger partial charge in [-0.15, -0.1) is 0 Å². The lowest BCUT2D eigenvalue weighted by molar-refractivity contribution is -0.127. The summed E-state index contributed by atoms with van der Waals surface area (Å²) in [4.78, 5) is 11.7. The number of carbonyl (C=O) groups excluding carboxylic acids is 1. The number of halogens is 1. The van der Waals surface area contributed by atoms with Crippen molar-refractivity contribution in [2.24, 2.45) is 5.73 Å². The number of nitrogens with two attached hydrogens (primary N) is 1. The molecule has 0 aliphatic carbocycles. The summed E-state index contributed by atoms with van der Waals surface area (Å²) < 4.78 is 19.1. The summed E-state index contributed by atoms with van der Waals surface area (Å²) >= 11 is 0. The van der Waals surface area contributed by atoms with E-state index < -0.39 is 11.9 Å². The first kappa shape index (κ1) is 15.4. The summed E-state index contributed by atoms with van der Waals surface area (Å²) in [5.74, 6) is -0.736. The number of nitrogens with one attached hydrogen (secondary N) is 1. The first-order chi connectivity index (χ1) is 8.81. The maximum Gasteiger partial charge on any atom is 0.260 e. The Morgan fingerprint density at radius 1 is 1.32 bits per heavy atom. The second-order valence-corrected chi connectivity index (χ2v) is 4.90. The van der Waals surface area contributed by atoms with E-state index in [1.165, 1.54) is 12.1 Å². The molecule has 0 heterocycles. The van der Waals surface area contributed by atoms with E-state index in [1.807, 2.05) is 13.8 Å². The molecule has 1 unspecified atom stereocenters. The molecule has 1 rings (SSSR count). The number of amides is 1. The van der Waals surface area contributed by atoms with Crippen molar-refractivity contribution in [3.8, 4) is 5.75 Å². The minimum absolute atomic E-state index is 0.0175. The van der Waals surface area contributed by atoms with Gasteiger partial charge in [-0.2, -0.15) is 0 Å². The minimum Gasteiger partial charge on any atom is -0.478 e. The Labute approximate surface area is 113 Å². The van der Waals surface area contributed by atoms with Crippen LogP contribution in [0, 0.1) is 5.82 Å². The summed E-state index contributed by atoms with van der Waals surface area (Å²) in [6.07, 6.45) is -0.752. The van der Waals surface area contributed by atoms with Crippen molar-refractivity contribution < 1.29 is 13.9 Å². The Morgan fingerprint density at radius 2 is 1.95 bits per heavy atom. The molecule has 1 aromatic carbocycles. The topological polar surface area (TPSA) is 64.3 Å². The quantitative estimate of drug-likeness (QED) is 0.860. The van der Waals surface area contributed by atoms with Crippen molar-refractivity contribution in [2.45, 2.75) is 45.9 Å². The van der Waals surface area contributed by atoms with Crippen LogP contribution in [-0.2, 0) is 4.79 Å². The van der Waals surface area contributed by atoms with Gasteiger partial charge in [0.1, 0.15) is 0 Å². The van der Waals surface area contributed by atoms with Crippen LogP contribution in [-0.4, -0.2) is 18.1 Å². The van der Waals surface area contributed by atoms with Crippen LogP contribution in [0.15, 0.2) is 18.2 Å². The Kier molecular flexibility index (Phi) is 5.30. The van der Waals surface area contributed by atoms with Crippen LogP contribution >= 0.6 is 0 Å². The molecular weight excluding hydrogens is 247 g/mol. The average molecular weight is 268 g/mol. The standard InChI is InChI=1S/C14H21FN2O2/c1-8(2)17-14(18)10(4)19-13-6-5-11(9(3)16)7-12(13)15/h5-10H,16H2,1-4H3,(H,17,18)/t9-,10?/m0/s1. The highest BCUT2D eigenvalue weighted by atomic mass is 19.1. The third kappa shape index (κ3) is 4.52. The number of ether oxygens (including phenoxy) is 1. The van der Waals surface area contributed by atoms with Crippen LogP contribution in [0.2, 0.25) is 0 Å². The highest BCUT2D eigenvalue weighted by Crippen LogP contribution is 2.22. The largest absolute Gasteiger partial charge is 0.478 e. The monoisotopic (exact) mass is 268 g/mol. The number of benzene rings is 1. The smallest absolute Gasteiger partial charge is 0.260 e. The Bertz CT molecular complexity index is 447. The van der Waals surface area contributed by atoms with E-state index in [1.54, 1.807) is 19.9 Å². The normalized spacial score (nSPS) is 14.1. The number of carbonyl (C=O) groups is 1. The molecule has 1 aromatic rings. The lowest BCUT2D eigenvalue weighted by Gasteiger charge is -2.17. The van der Waals surface area contributed by atoms with Crippen molar-refractivity contribution in [3.63, 3.8) is 0 Å². The first-order valence-electron chi connectivity index (χ1n) is 6.33. The van der Waals surface area contributed by atoms with Crippen molar-refractivity contribution in [1.29, 1.82) is 0 Å². The zero-order valence-corrected chi connectivity index (χ0v) is 11.7. The van der Waals surface area contributed by atoms with Crippen molar-refractivity contribution in [2.75, 3.05) is 0 Å². The molecular formula is C14H21FN2O2. The van der Waals surface area contributed by atoms with Gasteiger partial charge in [-0.3, -0.25) is 4.79 Å². The molecule has 4 nitrogen and oxygen atoms in total. The third-order valence-electron chi connectivity index (χ3n) is 2.59. The van der Waals surface area contributed by atoms with Gasteiger partial charge in [0.25, 0.3) is 5.91 Å². The van der Waals surface area contributed by atoms with Crippen LogP contribution in [0.25, 0.3) is 0 Å². The zero-order chi connectivity index (χ0) is 14.6. The van der Waals surface area contributed by atoms with E-state index >= 15 is 0 Å². The fourth-order valence-corrected chi connectivity index (χ4v) is 1.54. The summed E-state index contributed by atoms with van der Waals surface area (Å²) in [7, 11) is 0. The first-order valence-corrected chi connectivity index (χ1v) is 6.33. The Hall–Kier alpha value is -1.62. The van der Waals surface area contributed by atoms with E-state index in [0.717, 1.165) is 0 Å². The molecule has 1 amide bonds. The highest BCUT2D eigenvalue weighted by molar-refractivity contribution is 5.80. The fraction of sp³-hybridized carbons (Fsp3) is 0.500. The van der Waals surface area contributed by atoms with Crippen molar-refractivity contribution in [1.82, 2.24) is 5.32 Å². The Balaban J connectivity index is 2.74. The van der Waals surface area contributed by atoms with Crippen LogP contribution in [0.1, 0.15) is 39.3 Å². The molecule has 0 aliphatic heterocycles. The highest BCUT2D eigenvalue weighted by Gasteiger charge is 2.17. The summed E-state index contributed by atoms with van der Waals surface area (Å²) in [5.41, 5.74) is 6.35. The van der Waals surface area contributed by atoms with Gasteiger partial charge in [0.15, 0.2) is 17.7 Å².